The molecule has 0 saturated carbocycles. The maximum atomic E-state index is 6.38. The van der Waals surface area contributed by atoms with Crippen molar-refractivity contribution in [3.05, 3.63) is 64.2 Å². The lowest BCUT2D eigenvalue weighted by Crippen LogP contribution is -2.23. The van der Waals surface area contributed by atoms with E-state index in [0.29, 0.717) is 6.04 Å². The van der Waals surface area contributed by atoms with Crippen molar-refractivity contribution in [2.45, 2.75) is 31.2 Å². The molecule has 1 N–H and O–H groups in total. The monoisotopic (exact) mass is 319 g/mol. The van der Waals surface area contributed by atoms with Gasteiger partial charge in [-0.05, 0) is 61.0 Å². The Kier molecular flexibility index (Phi) is 6.16. The van der Waals surface area contributed by atoms with Crippen LogP contribution >= 0.6 is 23.4 Å². The van der Waals surface area contributed by atoms with Crippen molar-refractivity contribution < 1.29 is 0 Å². The number of aryl methyl sites for hydroxylation is 1. The predicted octanol–water partition coefficient (Wildman–Crippen LogP) is 5.26. The van der Waals surface area contributed by atoms with Crippen molar-refractivity contribution in [2.24, 2.45) is 0 Å². The fraction of sp³-hybridized carbons (Fsp3) is 0.333. The van der Waals surface area contributed by atoms with Crippen molar-refractivity contribution in [3.8, 4) is 0 Å². The van der Waals surface area contributed by atoms with Gasteiger partial charge in [0.1, 0.15) is 0 Å². The number of hydrogen-bond donors (Lipinski definition) is 1. The molecular weight excluding hydrogens is 298 g/mol. The molecule has 0 aliphatic heterocycles. The number of thioether (sulfide) groups is 1. The third kappa shape index (κ3) is 4.50. The zero-order valence-corrected chi connectivity index (χ0v) is 14.4. The van der Waals surface area contributed by atoms with Gasteiger partial charge in [-0.15, -0.1) is 11.8 Å². The van der Waals surface area contributed by atoms with Crippen LogP contribution in [0.1, 0.15) is 29.7 Å². The van der Waals surface area contributed by atoms with Crippen LogP contribution in [-0.4, -0.2) is 12.8 Å². The third-order valence-corrected chi connectivity index (χ3v) is 4.70. The van der Waals surface area contributed by atoms with Crippen LogP contribution < -0.4 is 5.32 Å². The van der Waals surface area contributed by atoms with Crippen LogP contribution in [0.2, 0.25) is 5.02 Å². The summed E-state index contributed by atoms with van der Waals surface area (Å²) in [4.78, 5) is 1.29. The van der Waals surface area contributed by atoms with Crippen LogP contribution in [0.3, 0.4) is 0 Å². The minimum absolute atomic E-state index is 0.297. The van der Waals surface area contributed by atoms with Crippen molar-refractivity contribution >= 4 is 23.4 Å². The first-order valence-corrected chi connectivity index (χ1v) is 8.86. The maximum Gasteiger partial charge on any atom is 0.0441 e. The van der Waals surface area contributed by atoms with Gasteiger partial charge in [0.05, 0.1) is 0 Å². The summed E-state index contributed by atoms with van der Waals surface area (Å²) in [6.07, 6.45) is 3.01. The molecule has 0 aromatic heterocycles. The van der Waals surface area contributed by atoms with Crippen molar-refractivity contribution in [2.75, 3.05) is 12.8 Å². The van der Waals surface area contributed by atoms with E-state index in [2.05, 4.69) is 61.8 Å². The minimum Gasteiger partial charge on any atom is -0.310 e. The van der Waals surface area contributed by atoms with Crippen LogP contribution in [-0.2, 0) is 6.42 Å². The molecule has 0 heterocycles. The number of benzene rings is 2. The summed E-state index contributed by atoms with van der Waals surface area (Å²) >= 11 is 8.15. The van der Waals surface area contributed by atoms with Gasteiger partial charge in [0.2, 0.25) is 0 Å². The first kappa shape index (κ1) is 16.4. The second-order valence-corrected chi connectivity index (χ2v) is 6.47. The normalized spacial score (nSPS) is 12.4. The number of nitrogens with one attached hydrogen (secondary N) is 1. The van der Waals surface area contributed by atoms with E-state index in [9.17, 15) is 0 Å². The summed E-state index contributed by atoms with van der Waals surface area (Å²) in [6.45, 7) is 5.15. The highest BCUT2D eigenvalue weighted by molar-refractivity contribution is 7.98. The number of likely N-dealkylation sites (N-methyl/N-ethyl adjacent to an activating group) is 1. The molecule has 0 aliphatic carbocycles. The van der Waals surface area contributed by atoms with Crippen molar-refractivity contribution in [3.63, 3.8) is 0 Å². The van der Waals surface area contributed by atoms with Crippen LogP contribution in [0.5, 0.6) is 0 Å². The van der Waals surface area contributed by atoms with E-state index < -0.39 is 0 Å². The molecule has 1 nitrogen and oxygen atoms in total. The second-order valence-electron chi connectivity index (χ2n) is 5.18. The smallest absolute Gasteiger partial charge is 0.0441 e. The van der Waals surface area contributed by atoms with Gasteiger partial charge >= 0.3 is 0 Å². The molecule has 0 spiro atoms. The maximum absolute atomic E-state index is 6.38. The Morgan fingerprint density at radius 1 is 1.14 bits per heavy atom. The van der Waals surface area contributed by atoms with Gasteiger partial charge in [-0.25, -0.2) is 0 Å². The summed E-state index contributed by atoms with van der Waals surface area (Å²) < 4.78 is 0. The molecule has 21 heavy (non-hydrogen) atoms. The molecule has 0 saturated heterocycles. The summed E-state index contributed by atoms with van der Waals surface area (Å²) in [5.74, 6) is 0. The fourth-order valence-electron chi connectivity index (χ4n) is 2.43. The van der Waals surface area contributed by atoms with E-state index in [1.54, 1.807) is 11.8 Å². The lowest BCUT2D eigenvalue weighted by atomic mass is 9.98. The highest BCUT2D eigenvalue weighted by Gasteiger charge is 2.13. The third-order valence-electron chi connectivity index (χ3n) is 3.60. The molecule has 3 heteroatoms. The molecule has 1 unspecified atom stereocenters. The van der Waals surface area contributed by atoms with Crippen LogP contribution in [0, 0.1) is 6.92 Å². The lowest BCUT2D eigenvalue weighted by Gasteiger charge is -2.19. The van der Waals surface area contributed by atoms with Crippen LogP contribution in [0.15, 0.2) is 47.4 Å². The van der Waals surface area contributed by atoms with Crippen molar-refractivity contribution in [1.82, 2.24) is 5.32 Å². The van der Waals surface area contributed by atoms with Gasteiger partial charge in [0.25, 0.3) is 0 Å². The Hall–Kier alpha value is -0.960. The van der Waals surface area contributed by atoms with E-state index in [0.717, 1.165) is 18.0 Å². The average Bonchev–Trinajstić information content (AvgIpc) is 2.49. The topological polar surface area (TPSA) is 12.0 Å². The summed E-state index contributed by atoms with van der Waals surface area (Å²) in [6, 6.07) is 15.4. The Balaban J connectivity index is 2.21. The quantitative estimate of drug-likeness (QED) is 0.728. The standard InChI is InChI=1S/C18H22ClNS/c1-4-20-18(14-7-9-16(21-3)10-8-14)12-15-6-5-13(2)11-17(15)19/h5-11,18,20H,4,12H2,1-3H3. The van der Waals surface area contributed by atoms with Gasteiger partial charge < -0.3 is 5.32 Å². The lowest BCUT2D eigenvalue weighted by molar-refractivity contribution is 0.549. The molecule has 2 aromatic rings. The summed E-state index contributed by atoms with van der Waals surface area (Å²) in [7, 11) is 0. The van der Waals surface area contributed by atoms with Crippen molar-refractivity contribution in [1.29, 1.82) is 0 Å². The molecule has 0 bridgehead atoms. The number of hydrogen-bond acceptors (Lipinski definition) is 2. The zero-order valence-electron chi connectivity index (χ0n) is 12.8. The second kappa shape index (κ2) is 7.88. The van der Waals surface area contributed by atoms with Gasteiger partial charge in [-0.1, -0.05) is 42.8 Å². The molecule has 0 radical (unpaired) electrons. The molecule has 0 aliphatic rings. The number of halogens is 1. The molecule has 1 atom stereocenters. The molecule has 112 valence electrons. The van der Waals surface area contributed by atoms with Gasteiger partial charge in [-0.2, -0.15) is 0 Å². The summed E-state index contributed by atoms with van der Waals surface area (Å²) in [5.41, 5.74) is 3.71. The average molecular weight is 320 g/mol. The Morgan fingerprint density at radius 2 is 1.86 bits per heavy atom. The minimum atomic E-state index is 0.297. The molecule has 2 aromatic carbocycles. The van der Waals surface area contributed by atoms with E-state index in [4.69, 9.17) is 11.6 Å². The van der Waals surface area contributed by atoms with Gasteiger partial charge in [0, 0.05) is 16.0 Å². The molecule has 0 amide bonds. The van der Waals surface area contributed by atoms with E-state index in [1.165, 1.54) is 21.6 Å². The van der Waals surface area contributed by atoms with E-state index in [1.807, 2.05) is 6.07 Å². The predicted molar refractivity (Wildman–Crippen MR) is 94.5 cm³/mol. The van der Waals surface area contributed by atoms with Gasteiger partial charge in [-0.3, -0.25) is 0 Å². The largest absolute Gasteiger partial charge is 0.310 e. The Morgan fingerprint density at radius 3 is 2.43 bits per heavy atom. The molecular formula is C18H22ClNS. The van der Waals surface area contributed by atoms with Gasteiger partial charge in [0.15, 0.2) is 0 Å². The SMILES string of the molecule is CCNC(Cc1ccc(C)cc1Cl)c1ccc(SC)cc1. The highest BCUT2D eigenvalue weighted by atomic mass is 35.5. The highest BCUT2D eigenvalue weighted by Crippen LogP contribution is 2.26. The molecule has 0 fully saturated rings. The first-order valence-electron chi connectivity index (χ1n) is 7.26. The fourth-order valence-corrected chi connectivity index (χ4v) is 3.15. The Labute approximate surface area is 137 Å². The van der Waals surface area contributed by atoms with E-state index in [-0.39, 0.29) is 0 Å². The van der Waals surface area contributed by atoms with E-state index >= 15 is 0 Å². The summed E-state index contributed by atoms with van der Waals surface area (Å²) in [5, 5.41) is 4.42. The van der Waals surface area contributed by atoms with Crippen LogP contribution in [0.4, 0.5) is 0 Å². The Bertz CT molecular complexity index is 580. The van der Waals surface area contributed by atoms with Crippen LogP contribution in [0.25, 0.3) is 0 Å². The first-order chi connectivity index (χ1) is 10.1. The zero-order chi connectivity index (χ0) is 15.2. The molecule has 2 rings (SSSR count). The number of rotatable bonds is 6.